The number of pyridine rings is 1. The molecule has 0 aromatic carbocycles. The standard InChI is InChI=1S/C16H21N2O5/c1-4-18(5-2)16(21)13-7-6-10-17(11-13)12-23-15(20)9-8-14(19)22-3/h6-11H,4-5,12H2,1-3H3/q+1. The summed E-state index contributed by atoms with van der Waals surface area (Å²) in [5, 5.41) is 0. The van der Waals surface area contributed by atoms with E-state index >= 15 is 0 Å². The fourth-order valence-corrected chi connectivity index (χ4v) is 1.81. The van der Waals surface area contributed by atoms with E-state index in [0.717, 1.165) is 12.2 Å². The van der Waals surface area contributed by atoms with Crippen LogP contribution in [0.1, 0.15) is 24.2 Å². The van der Waals surface area contributed by atoms with Crippen molar-refractivity contribution in [1.29, 1.82) is 0 Å². The van der Waals surface area contributed by atoms with E-state index in [1.165, 1.54) is 7.11 Å². The number of aromatic nitrogens is 1. The summed E-state index contributed by atoms with van der Waals surface area (Å²) < 4.78 is 10.9. The minimum Gasteiger partial charge on any atom is -0.466 e. The SMILES string of the molecule is CCN(CC)C(=O)c1ccc[n+](COC(=O)C=CC(=O)OC)c1. The van der Waals surface area contributed by atoms with Gasteiger partial charge in [-0.05, 0) is 19.9 Å². The molecule has 0 saturated heterocycles. The van der Waals surface area contributed by atoms with E-state index < -0.39 is 11.9 Å². The fraction of sp³-hybridized carbons (Fsp3) is 0.375. The van der Waals surface area contributed by atoms with Crippen LogP contribution in [0.2, 0.25) is 0 Å². The maximum Gasteiger partial charge on any atom is 0.335 e. The summed E-state index contributed by atoms with van der Waals surface area (Å²) in [7, 11) is 1.21. The van der Waals surface area contributed by atoms with Gasteiger partial charge in [0, 0.05) is 31.3 Å². The molecule has 0 atom stereocenters. The van der Waals surface area contributed by atoms with Crippen molar-refractivity contribution in [2.75, 3.05) is 20.2 Å². The summed E-state index contributed by atoms with van der Waals surface area (Å²) in [5.41, 5.74) is 0.511. The molecule has 1 aromatic heterocycles. The van der Waals surface area contributed by atoms with Crippen LogP contribution < -0.4 is 4.57 Å². The van der Waals surface area contributed by atoms with E-state index in [1.54, 1.807) is 34.0 Å². The Balaban J connectivity index is 2.67. The van der Waals surface area contributed by atoms with Crippen molar-refractivity contribution in [2.45, 2.75) is 20.6 Å². The highest BCUT2D eigenvalue weighted by atomic mass is 16.5. The third-order valence-corrected chi connectivity index (χ3v) is 3.07. The second kappa shape index (κ2) is 9.34. The zero-order valence-corrected chi connectivity index (χ0v) is 13.5. The molecule has 1 heterocycles. The largest absolute Gasteiger partial charge is 0.466 e. The first-order valence-corrected chi connectivity index (χ1v) is 7.23. The maximum absolute atomic E-state index is 12.3. The molecule has 124 valence electrons. The Hall–Kier alpha value is -2.70. The second-order valence-electron chi connectivity index (χ2n) is 4.53. The van der Waals surface area contributed by atoms with Crippen LogP contribution in [0.4, 0.5) is 0 Å². The topological polar surface area (TPSA) is 76.8 Å². The first-order valence-electron chi connectivity index (χ1n) is 7.23. The first-order chi connectivity index (χ1) is 11.0. The molecule has 1 aromatic rings. The summed E-state index contributed by atoms with van der Waals surface area (Å²) in [4.78, 5) is 36.3. The highest BCUT2D eigenvalue weighted by Crippen LogP contribution is 2.02. The molecule has 1 amide bonds. The molecule has 0 spiro atoms. The van der Waals surface area contributed by atoms with Crippen LogP contribution in [0.25, 0.3) is 0 Å². The van der Waals surface area contributed by atoms with Crippen molar-refractivity contribution in [3.8, 4) is 0 Å². The number of esters is 2. The van der Waals surface area contributed by atoms with Crippen LogP contribution in [-0.4, -0.2) is 42.9 Å². The molecule has 0 radical (unpaired) electrons. The maximum atomic E-state index is 12.3. The Morgan fingerprint density at radius 1 is 1.17 bits per heavy atom. The van der Waals surface area contributed by atoms with E-state index in [-0.39, 0.29) is 12.6 Å². The minimum atomic E-state index is -0.677. The third-order valence-electron chi connectivity index (χ3n) is 3.07. The third kappa shape index (κ3) is 5.90. The van der Waals surface area contributed by atoms with Gasteiger partial charge in [-0.15, -0.1) is 0 Å². The van der Waals surface area contributed by atoms with Gasteiger partial charge in [0.15, 0.2) is 12.4 Å². The monoisotopic (exact) mass is 321 g/mol. The van der Waals surface area contributed by atoms with E-state index in [9.17, 15) is 14.4 Å². The lowest BCUT2D eigenvalue weighted by molar-refractivity contribution is -0.727. The van der Waals surface area contributed by atoms with Crippen LogP contribution in [-0.2, 0) is 25.8 Å². The van der Waals surface area contributed by atoms with E-state index in [4.69, 9.17) is 4.74 Å². The molecule has 0 aliphatic rings. The summed E-state index contributed by atoms with van der Waals surface area (Å²) in [6.45, 7) is 5.00. The van der Waals surface area contributed by atoms with Gasteiger partial charge in [-0.25, -0.2) is 9.59 Å². The first kappa shape index (κ1) is 18.3. The Labute approximate surface area is 135 Å². The van der Waals surface area contributed by atoms with Crippen LogP contribution in [0.5, 0.6) is 0 Å². The average Bonchev–Trinajstić information content (AvgIpc) is 2.58. The Morgan fingerprint density at radius 3 is 2.43 bits per heavy atom. The lowest BCUT2D eigenvalue weighted by atomic mass is 10.2. The number of methoxy groups -OCH3 is 1. The number of nitrogens with zero attached hydrogens (tertiary/aromatic N) is 2. The van der Waals surface area contributed by atoms with Gasteiger partial charge in [-0.2, -0.15) is 4.57 Å². The van der Waals surface area contributed by atoms with Crippen LogP contribution in [0, 0.1) is 0 Å². The molecule has 0 saturated carbocycles. The second-order valence-corrected chi connectivity index (χ2v) is 4.53. The molecule has 1 rings (SSSR count). The van der Waals surface area contributed by atoms with Gasteiger partial charge in [0.05, 0.1) is 7.11 Å². The fourth-order valence-electron chi connectivity index (χ4n) is 1.81. The number of hydrogen-bond donors (Lipinski definition) is 0. The molecule has 7 heteroatoms. The number of ether oxygens (including phenoxy) is 2. The van der Waals surface area contributed by atoms with Crippen molar-refractivity contribution in [3.63, 3.8) is 0 Å². The minimum absolute atomic E-state index is 0.0658. The lowest BCUT2D eigenvalue weighted by Crippen LogP contribution is -2.38. The Bertz CT molecular complexity index is 594. The molecule has 0 bridgehead atoms. The van der Waals surface area contributed by atoms with Crippen LogP contribution >= 0.6 is 0 Å². The number of carbonyl (C=O) groups excluding carboxylic acids is 3. The zero-order chi connectivity index (χ0) is 17.2. The number of amides is 1. The number of carbonyl (C=O) groups is 3. The summed E-state index contributed by atoms with van der Waals surface area (Å²) in [6.07, 6.45) is 5.25. The van der Waals surface area contributed by atoms with Gasteiger partial charge >= 0.3 is 11.9 Å². The smallest absolute Gasteiger partial charge is 0.335 e. The summed E-state index contributed by atoms with van der Waals surface area (Å²) in [5.74, 6) is -1.40. The van der Waals surface area contributed by atoms with Crippen LogP contribution in [0.3, 0.4) is 0 Å². The van der Waals surface area contributed by atoms with Gasteiger partial charge in [0.1, 0.15) is 5.56 Å². The molecule has 0 unspecified atom stereocenters. The number of rotatable bonds is 7. The van der Waals surface area contributed by atoms with Gasteiger partial charge in [0.25, 0.3) is 12.6 Å². The highest BCUT2D eigenvalue weighted by Gasteiger charge is 2.16. The average molecular weight is 321 g/mol. The van der Waals surface area contributed by atoms with Gasteiger partial charge in [-0.3, -0.25) is 4.79 Å². The quantitative estimate of drug-likeness (QED) is 0.419. The molecule has 23 heavy (non-hydrogen) atoms. The molecule has 0 aliphatic heterocycles. The van der Waals surface area contributed by atoms with Gasteiger partial charge < -0.3 is 14.4 Å². The Kier molecular flexibility index (Phi) is 7.45. The van der Waals surface area contributed by atoms with Gasteiger partial charge in [0.2, 0.25) is 0 Å². The van der Waals surface area contributed by atoms with Gasteiger partial charge in [-0.1, -0.05) is 0 Å². The molecule has 0 aliphatic carbocycles. The van der Waals surface area contributed by atoms with E-state index in [0.29, 0.717) is 18.7 Å². The van der Waals surface area contributed by atoms with Crippen molar-refractivity contribution >= 4 is 17.8 Å². The lowest BCUT2D eigenvalue weighted by Gasteiger charge is -2.17. The van der Waals surface area contributed by atoms with E-state index in [2.05, 4.69) is 4.74 Å². The normalized spacial score (nSPS) is 10.4. The predicted octanol–water partition coefficient (Wildman–Crippen LogP) is 0.686. The number of hydrogen-bond acceptors (Lipinski definition) is 5. The van der Waals surface area contributed by atoms with Crippen molar-refractivity contribution in [1.82, 2.24) is 4.90 Å². The molecule has 0 N–H and O–H groups in total. The summed E-state index contributed by atoms with van der Waals surface area (Å²) >= 11 is 0. The highest BCUT2D eigenvalue weighted by molar-refractivity contribution is 5.93. The molecular weight excluding hydrogens is 300 g/mol. The van der Waals surface area contributed by atoms with Crippen molar-refractivity contribution in [3.05, 3.63) is 42.2 Å². The van der Waals surface area contributed by atoms with Crippen molar-refractivity contribution < 1.29 is 28.4 Å². The zero-order valence-electron chi connectivity index (χ0n) is 13.5. The molecule has 0 fully saturated rings. The summed E-state index contributed by atoms with van der Waals surface area (Å²) in [6, 6.07) is 3.41. The predicted molar refractivity (Wildman–Crippen MR) is 81.1 cm³/mol. The molecular formula is C16H21N2O5+. The van der Waals surface area contributed by atoms with E-state index in [1.807, 2.05) is 13.8 Å². The Morgan fingerprint density at radius 2 is 1.83 bits per heavy atom. The van der Waals surface area contributed by atoms with Crippen LogP contribution in [0.15, 0.2) is 36.7 Å². The molecule has 7 nitrogen and oxygen atoms in total. The van der Waals surface area contributed by atoms with Crippen molar-refractivity contribution in [2.24, 2.45) is 0 Å².